The van der Waals surface area contributed by atoms with E-state index in [1.54, 1.807) is 6.07 Å². The Balaban J connectivity index is 2.66. The summed E-state index contributed by atoms with van der Waals surface area (Å²) in [5.74, 6) is -0.136. The number of nitrogens with zero attached hydrogens (tertiary/aromatic N) is 1. The van der Waals surface area contributed by atoms with Crippen LogP contribution in [0.5, 0.6) is 0 Å². The van der Waals surface area contributed by atoms with E-state index in [0.717, 1.165) is 37.0 Å². The van der Waals surface area contributed by atoms with Gasteiger partial charge in [-0.15, -0.1) is 0 Å². The van der Waals surface area contributed by atoms with Crippen LogP contribution in [0.15, 0.2) is 29.4 Å². The number of rotatable bonds is 6. The van der Waals surface area contributed by atoms with E-state index < -0.39 is 0 Å². The first-order valence-corrected chi connectivity index (χ1v) is 6.59. The van der Waals surface area contributed by atoms with Crippen molar-refractivity contribution in [1.29, 1.82) is 0 Å². The van der Waals surface area contributed by atoms with Gasteiger partial charge in [-0.05, 0) is 31.9 Å². The predicted octanol–water partition coefficient (Wildman–Crippen LogP) is 3.68. The van der Waals surface area contributed by atoms with E-state index in [1.165, 1.54) is 0 Å². The average Bonchev–Trinajstić information content (AvgIpc) is 2.36. The molecule has 0 saturated carbocycles. The summed E-state index contributed by atoms with van der Waals surface area (Å²) >= 11 is 0. The summed E-state index contributed by atoms with van der Waals surface area (Å²) < 4.78 is 0. The maximum absolute atomic E-state index is 11.9. The molecule has 1 aromatic rings. The Morgan fingerprint density at radius 1 is 1.22 bits per heavy atom. The van der Waals surface area contributed by atoms with Crippen molar-refractivity contribution in [3.63, 3.8) is 0 Å². The van der Waals surface area contributed by atoms with Gasteiger partial charge in [-0.25, -0.2) is 5.43 Å². The van der Waals surface area contributed by atoms with Gasteiger partial charge in [-0.2, -0.15) is 5.10 Å². The van der Waals surface area contributed by atoms with Crippen molar-refractivity contribution < 1.29 is 4.79 Å². The van der Waals surface area contributed by atoms with E-state index in [2.05, 4.69) is 24.4 Å². The number of carbonyl (C=O) groups excluding carboxylic acids is 1. The minimum Gasteiger partial charge on any atom is -0.267 e. The molecule has 18 heavy (non-hydrogen) atoms. The van der Waals surface area contributed by atoms with E-state index in [1.807, 2.05) is 25.1 Å². The Labute approximate surface area is 109 Å². The number of aryl methyl sites for hydroxylation is 1. The van der Waals surface area contributed by atoms with Crippen LogP contribution in [0.2, 0.25) is 0 Å². The molecule has 1 amide bonds. The SMILES string of the molecule is CCCC(CCC)=NNC(=O)c1cccc(C)c1. The molecule has 1 N–H and O–H groups in total. The second-order valence-electron chi connectivity index (χ2n) is 4.49. The van der Waals surface area contributed by atoms with Crippen LogP contribution < -0.4 is 5.43 Å². The van der Waals surface area contributed by atoms with Crippen molar-refractivity contribution in [3.8, 4) is 0 Å². The molecule has 0 aliphatic heterocycles. The first-order chi connectivity index (χ1) is 8.67. The number of benzene rings is 1. The van der Waals surface area contributed by atoms with Gasteiger partial charge in [0.25, 0.3) is 5.91 Å². The Hall–Kier alpha value is -1.64. The minimum atomic E-state index is -0.136. The molecule has 0 heterocycles. The quantitative estimate of drug-likeness (QED) is 0.603. The van der Waals surface area contributed by atoms with E-state index in [0.29, 0.717) is 5.56 Å². The molecule has 0 aliphatic carbocycles. The lowest BCUT2D eigenvalue weighted by Crippen LogP contribution is -2.19. The van der Waals surface area contributed by atoms with Crippen LogP contribution in [0, 0.1) is 6.92 Å². The van der Waals surface area contributed by atoms with E-state index in [9.17, 15) is 4.79 Å². The molecule has 0 saturated heterocycles. The maximum Gasteiger partial charge on any atom is 0.271 e. The van der Waals surface area contributed by atoms with Gasteiger partial charge in [-0.3, -0.25) is 4.79 Å². The van der Waals surface area contributed by atoms with Crippen molar-refractivity contribution in [3.05, 3.63) is 35.4 Å². The van der Waals surface area contributed by atoms with Gasteiger partial charge in [0.1, 0.15) is 0 Å². The molecule has 0 radical (unpaired) electrons. The van der Waals surface area contributed by atoms with Gasteiger partial charge < -0.3 is 0 Å². The standard InChI is InChI=1S/C15H22N2O/c1-4-7-14(8-5-2)16-17-15(18)13-10-6-9-12(3)11-13/h6,9-11H,4-5,7-8H2,1-3H3,(H,17,18). The highest BCUT2D eigenvalue weighted by molar-refractivity contribution is 5.95. The van der Waals surface area contributed by atoms with Crippen LogP contribution in [-0.2, 0) is 0 Å². The van der Waals surface area contributed by atoms with Crippen LogP contribution in [0.25, 0.3) is 0 Å². The topological polar surface area (TPSA) is 41.5 Å². The molecule has 3 heteroatoms. The molecule has 0 fully saturated rings. The molecule has 3 nitrogen and oxygen atoms in total. The molecule has 0 unspecified atom stereocenters. The third-order valence-electron chi connectivity index (χ3n) is 2.67. The molecular formula is C15H22N2O. The third-order valence-corrected chi connectivity index (χ3v) is 2.67. The van der Waals surface area contributed by atoms with Gasteiger partial charge in [0.15, 0.2) is 0 Å². The second-order valence-corrected chi connectivity index (χ2v) is 4.49. The fourth-order valence-corrected chi connectivity index (χ4v) is 1.79. The molecule has 0 aromatic heterocycles. The molecule has 1 rings (SSSR count). The van der Waals surface area contributed by atoms with Gasteiger partial charge in [0, 0.05) is 11.3 Å². The largest absolute Gasteiger partial charge is 0.271 e. The molecule has 0 aliphatic rings. The summed E-state index contributed by atoms with van der Waals surface area (Å²) in [6.45, 7) is 6.21. The Bertz CT molecular complexity index is 416. The Morgan fingerprint density at radius 2 is 1.89 bits per heavy atom. The monoisotopic (exact) mass is 246 g/mol. The van der Waals surface area contributed by atoms with Crippen molar-refractivity contribution in [2.45, 2.75) is 46.5 Å². The highest BCUT2D eigenvalue weighted by atomic mass is 16.2. The summed E-state index contributed by atoms with van der Waals surface area (Å²) in [7, 11) is 0. The number of carbonyl (C=O) groups is 1. The summed E-state index contributed by atoms with van der Waals surface area (Å²) in [6, 6.07) is 7.52. The van der Waals surface area contributed by atoms with Crippen LogP contribution in [0.3, 0.4) is 0 Å². The summed E-state index contributed by atoms with van der Waals surface area (Å²) in [6.07, 6.45) is 4.00. The van der Waals surface area contributed by atoms with Crippen molar-refractivity contribution >= 4 is 11.6 Å². The summed E-state index contributed by atoms with van der Waals surface area (Å²) in [4.78, 5) is 11.9. The minimum absolute atomic E-state index is 0.136. The number of amides is 1. The fraction of sp³-hybridized carbons (Fsp3) is 0.467. The molecule has 98 valence electrons. The van der Waals surface area contributed by atoms with E-state index in [4.69, 9.17) is 0 Å². The normalized spacial score (nSPS) is 9.94. The smallest absolute Gasteiger partial charge is 0.267 e. The number of hydrogen-bond acceptors (Lipinski definition) is 2. The van der Waals surface area contributed by atoms with Gasteiger partial charge >= 0.3 is 0 Å². The highest BCUT2D eigenvalue weighted by Gasteiger charge is 2.04. The number of nitrogens with one attached hydrogen (secondary N) is 1. The van der Waals surface area contributed by atoms with Gasteiger partial charge in [0.2, 0.25) is 0 Å². The lowest BCUT2D eigenvalue weighted by Gasteiger charge is -2.05. The third kappa shape index (κ3) is 4.70. The maximum atomic E-state index is 11.9. The number of hydrazone groups is 1. The molecular weight excluding hydrogens is 224 g/mol. The zero-order chi connectivity index (χ0) is 13.4. The Kier molecular flexibility index (Phi) is 6.12. The lowest BCUT2D eigenvalue weighted by molar-refractivity contribution is 0.0954. The predicted molar refractivity (Wildman–Crippen MR) is 75.9 cm³/mol. The van der Waals surface area contributed by atoms with E-state index in [-0.39, 0.29) is 5.91 Å². The second kappa shape index (κ2) is 7.64. The van der Waals surface area contributed by atoms with E-state index >= 15 is 0 Å². The van der Waals surface area contributed by atoms with Crippen LogP contribution in [0.1, 0.15) is 55.5 Å². The van der Waals surface area contributed by atoms with Crippen LogP contribution >= 0.6 is 0 Å². The zero-order valence-corrected chi connectivity index (χ0v) is 11.5. The van der Waals surface area contributed by atoms with Crippen LogP contribution in [0.4, 0.5) is 0 Å². The zero-order valence-electron chi connectivity index (χ0n) is 11.5. The van der Waals surface area contributed by atoms with Crippen molar-refractivity contribution in [2.24, 2.45) is 5.10 Å². The highest BCUT2D eigenvalue weighted by Crippen LogP contribution is 2.04. The summed E-state index contributed by atoms with van der Waals surface area (Å²) in [5.41, 5.74) is 5.45. The fourth-order valence-electron chi connectivity index (χ4n) is 1.79. The van der Waals surface area contributed by atoms with Crippen molar-refractivity contribution in [2.75, 3.05) is 0 Å². The molecule has 0 spiro atoms. The molecule has 1 aromatic carbocycles. The van der Waals surface area contributed by atoms with Gasteiger partial charge in [0.05, 0.1) is 0 Å². The average molecular weight is 246 g/mol. The molecule has 0 bridgehead atoms. The first-order valence-electron chi connectivity index (χ1n) is 6.59. The van der Waals surface area contributed by atoms with Gasteiger partial charge in [-0.1, -0.05) is 44.4 Å². The summed E-state index contributed by atoms with van der Waals surface area (Å²) in [5, 5.41) is 4.23. The lowest BCUT2D eigenvalue weighted by atomic mass is 10.1. The van der Waals surface area contributed by atoms with Crippen molar-refractivity contribution in [1.82, 2.24) is 5.43 Å². The Morgan fingerprint density at radius 3 is 2.44 bits per heavy atom. The van der Waals surface area contributed by atoms with Crippen LogP contribution in [-0.4, -0.2) is 11.6 Å². The first kappa shape index (κ1) is 14.4. The number of hydrogen-bond donors (Lipinski definition) is 1. The molecule has 0 atom stereocenters.